The lowest BCUT2D eigenvalue weighted by atomic mass is 10.3. The number of rotatable bonds is 5. The van der Waals surface area contributed by atoms with E-state index in [0.29, 0.717) is 25.4 Å². The first-order valence-corrected chi connectivity index (χ1v) is 4.30. The minimum atomic E-state index is 0.259. The van der Waals surface area contributed by atoms with Gasteiger partial charge in [0.1, 0.15) is 18.2 Å². The number of aromatic nitrogens is 2. The highest BCUT2D eigenvalue weighted by molar-refractivity contribution is 5.35. The van der Waals surface area contributed by atoms with Crippen LogP contribution in [0.2, 0.25) is 0 Å². The summed E-state index contributed by atoms with van der Waals surface area (Å²) in [4.78, 5) is 0. The first kappa shape index (κ1) is 10.4. The molecular formula is C9H11N3O2. The Bertz CT molecular complexity index is 322. The van der Waals surface area contributed by atoms with Gasteiger partial charge in [0.05, 0.1) is 12.8 Å². The normalized spacial score (nSPS) is 9.43. The number of nitriles is 1. The van der Waals surface area contributed by atoms with E-state index in [0.717, 1.165) is 0 Å². The van der Waals surface area contributed by atoms with E-state index in [1.165, 1.54) is 6.20 Å². The molecule has 0 aliphatic heterocycles. The molecule has 0 aliphatic carbocycles. The molecule has 0 unspecified atom stereocenters. The van der Waals surface area contributed by atoms with E-state index in [-0.39, 0.29) is 5.88 Å². The topological polar surface area (TPSA) is 68.0 Å². The van der Waals surface area contributed by atoms with Crippen LogP contribution < -0.4 is 4.74 Å². The zero-order valence-corrected chi connectivity index (χ0v) is 7.93. The molecule has 5 heteroatoms. The Balaban J connectivity index is 2.46. The number of nitrogens with zero attached hydrogens (tertiary/aromatic N) is 3. The molecule has 0 spiro atoms. The van der Waals surface area contributed by atoms with Crippen molar-refractivity contribution in [3.8, 4) is 11.9 Å². The molecule has 0 bridgehead atoms. The lowest BCUT2D eigenvalue weighted by molar-refractivity contribution is 0.108. The second kappa shape index (κ2) is 5.89. The predicted molar refractivity (Wildman–Crippen MR) is 48.7 cm³/mol. The first-order valence-electron chi connectivity index (χ1n) is 4.30. The molecule has 14 heavy (non-hydrogen) atoms. The van der Waals surface area contributed by atoms with E-state index in [4.69, 9.17) is 14.7 Å². The molecule has 0 amide bonds. The molecule has 0 radical (unpaired) electrons. The van der Waals surface area contributed by atoms with Gasteiger partial charge in [-0.3, -0.25) is 0 Å². The largest absolute Gasteiger partial charge is 0.473 e. The van der Waals surface area contributed by atoms with Crippen LogP contribution in [0.3, 0.4) is 0 Å². The lowest BCUT2D eigenvalue weighted by Gasteiger charge is -2.04. The third kappa shape index (κ3) is 2.99. The molecule has 1 heterocycles. The van der Waals surface area contributed by atoms with Gasteiger partial charge >= 0.3 is 0 Å². The molecule has 74 valence electrons. The van der Waals surface area contributed by atoms with Gasteiger partial charge in [-0.05, 0) is 13.0 Å². The van der Waals surface area contributed by atoms with Gasteiger partial charge < -0.3 is 9.47 Å². The Labute approximate surface area is 82.3 Å². The molecule has 5 nitrogen and oxygen atoms in total. The molecule has 0 aromatic carbocycles. The smallest absolute Gasteiger partial charge is 0.251 e. The lowest BCUT2D eigenvalue weighted by Crippen LogP contribution is -2.08. The van der Waals surface area contributed by atoms with Crippen molar-refractivity contribution in [1.82, 2.24) is 10.2 Å². The predicted octanol–water partition coefficient (Wildman–Crippen LogP) is 0.764. The van der Waals surface area contributed by atoms with Crippen molar-refractivity contribution in [2.45, 2.75) is 6.92 Å². The molecule has 0 saturated heterocycles. The van der Waals surface area contributed by atoms with Gasteiger partial charge in [0.15, 0.2) is 0 Å². The highest BCUT2D eigenvalue weighted by Crippen LogP contribution is 2.10. The summed E-state index contributed by atoms with van der Waals surface area (Å²) in [5.74, 6) is 0.259. The fourth-order valence-corrected chi connectivity index (χ4v) is 0.852. The summed E-state index contributed by atoms with van der Waals surface area (Å²) in [7, 11) is 0. The SMILES string of the molecule is CCOCCOc1nnccc1C#N. The molecule has 0 saturated carbocycles. The van der Waals surface area contributed by atoms with Gasteiger partial charge in [0.2, 0.25) is 0 Å². The molecule has 0 aliphatic rings. The van der Waals surface area contributed by atoms with Gasteiger partial charge in [0, 0.05) is 6.61 Å². The Morgan fingerprint density at radius 3 is 3.07 bits per heavy atom. The minimum absolute atomic E-state index is 0.259. The standard InChI is InChI=1S/C9H11N3O2/c1-2-13-5-6-14-9-8(7-10)3-4-11-12-9/h3-4H,2,5-6H2,1H3. The van der Waals surface area contributed by atoms with Gasteiger partial charge in [0.25, 0.3) is 5.88 Å². The molecule has 0 fully saturated rings. The zero-order chi connectivity index (χ0) is 10.2. The van der Waals surface area contributed by atoms with Crippen LogP contribution in [-0.2, 0) is 4.74 Å². The maximum atomic E-state index is 8.69. The van der Waals surface area contributed by atoms with Crippen molar-refractivity contribution in [2.24, 2.45) is 0 Å². The molecule has 1 rings (SSSR count). The third-order valence-corrected chi connectivity index (χ3v) is 1.48. The molecule has 1 aromatic heterocycles. The van der Waals surface area contributed by atoms with Gasteiger partial charge in [-0.25, -0.2) is 0 Å². The molecular weight excluding hydrogens is 182 g/mol. The van der Waals surface area contributed by atoms with Crippen LogP contribution in [0.15, 0.2) is 12.3 Å². The first-order chi connectivity index (χ1) is 6.88. The fourth-order valence-electron chi connectivity index (χ4n) is 0.852. The van der Waals surface area contributed by atoms with Crippen molar-refractivity contribution in [3.63, 3.8) is 0 Å². The monoisotopic (exact) mass is 193 g/mol. The molecule has 0 atom stereocenters. The van der Waals surface area contributed by atoms with Gasteiger partial charge in [-0.15, -0.1) is 5.10 Å². The Morgan fingerprint density at radius 2 is 2.36 bits per heavy atom. The van der Waals surface area contributed by atoms with E-state index in [9.17, 15) is 0 Å². The summed E-state index contributed by atoms with van der Waals surface area (Å²) >= 11 is 0. The van der Waals surface area contributed by atoms with Crippen molar-refractivity contribution < 1.29 is 9.47 Å². The average molecular weight is 193 g/mol. The van der Waals surface area contributed by atoms with Crippen LogP contribution in [0, 0.1) is 11.3 Å². The van der Waals surface area contributed by atoms with Crippen LogP contribution in [0.1, 0.15) is 12.5 Å². The maximum Gasteiger partial charge on any atom is 0.251 e. The third-order valence-electron chi connectivity index (χ3n) is 1.48. The highest BCUT2D eigenvalue weighted by atomic mass is 16.5. The summed E-state index contributed by atoms with van der Waals surface area (Å²) in [6.07, 6.45) is 1.45. The van der Waals surface area contributed by atoms with Crippen molar-refractivity contribution in [2.75, 3.05) is 19.8 Å². The maximum absolute atomic E-state index is 8.69. The fraction of sp³-hybridized carbons (Fsp3) is 0.444. The van der Waals surface area contributed by atoms with E-state index < -0.39 is 0 Å². The second-order valence-electron chi connectivity index (χ2n) is 2.41. The Morgan fingerprint density at radius 1 is 1.50 bits per heavy atom. The zero-order valence-electron chi connectivity index (χ0n) is 7.93. The van der Waals surface area contributed by atoms with Gasteiger partial charge in [-0.2, -0.15) is 10.4 Å². The van der Waals surface area contributed by atoms with Crippen LogP contribution >= 0.6 is 0 Å². The van der Waals surface area contributed by atoms with Crippen molar-refractivity contribution in [1.29, 1.82) is 5.26 Å². The number of ether oxygens (including phenoxy) is 2. The summed E-state index contributed by atoms with van der Waals surface area (Å²) in [5, 5.41) is 16.0. The summed E-state index contributed by atoms with van der Waals surface area (Å²) in [6.45, 7) is 3.41. The Kier molecular flexibility index (Phi) is 4.38. The van der Waals surface area contributed by atoms with Crippen LogP contribution in [0.5, 0.6) is 5.88 Å². The van der Waals surface area contributed by atoms with Gasteiger partial charge in [-0.1, -0.05) is 0 Å². The number of hydrogen-bond donors (Lipinski definition) is 0. The summed E-state index contributed by atoms with van der Waals surface area (Å²) < 4.78 is 10.3. The van der Waals surface area contributed by atoms with E-state index in [2.05, 4.69) is 10.2 Å². The molecule has 0 N–H and O–H groups in total. The minimum Gasteiger partial charge on any atom is -0.473 e. The van der Waals surface area contributed by atoms with Crippen LogP contribution in [0.4, 0.5) is 0 Å². The average Bonchev–Trinajstić information content (AvgIpc) is 2.25. The van der Waals surface area contributed by atoms with Crippen molar-refractivity contribution >= 4 is 0 Å². The quantitative estimate of drug-likeness (QED) is 0.646. The highest BCUT2D eigenvalue weighted by Gasteiger charge is 2.03. The molecule has 1 aromatic rings. The van der Waals surface area contributed by atoms with Crippen molar-refractivity contribution in [3.05, 3.63) is 17.8 Å². The van der Waals surface area contributed by atoms with E-state index in [1.807, 2.05) is 13.0 Å². The van der Waals surface area contributed by atoms with E-state index >= 15 is 0 Å². The summed E-state index contributed by atoms with van der Waals surface area (Å²) in [6, 6.07) is 3.53. The second-order valence-corrected chi connectivity index (χ2v) is 2.41. The summed E-state index contributed by atoms with van der Waals surface area (Å²) in [5.41, 5.74) is 0.386. The van der Waals surface area contributed by atoms with Crippen LogP contribution in [0.25, 0.3) is 0 Å². The van der Waals surface area contributed by atoms with Crippen LogP contribution in [-0.4, -0.2) is 30.0 Å². The number of hydrogen-bond acceptors (Lipinski definition) is 5. The van der Waals surface area contributed by atoms with E-state index in [1.54, 1.807) is 6.07 Å². The Hall–Kier alpha value is -1.67.